The van der Waals surface area contributed by atoms with E-state index in [0.717, 1.165) is 21.2 Å². The third kappa shape index (κ3) is 5.02. The molecule has 0 atom stereocenters. The predicted octanol–water partition coefficient (Wildman–Crippen LogP) is 5.34. The van der Waals surface area contributed by atoms with Crippen LogP contribution in [-0.2, 0) is 11.2 Å². The Kier molecular flexibility index (Phi) is 6.35. The molecule has 0 spiro atoms. The van der Waals surface area contributed by atoms with Crippen LogP contribution in [0.3, 0.4) is 0 Å². The van der Waals surface area contributed by atoms with E-state index in [2.05, 4.69) is 31.4 Å². The molecule has 0 fully saturated rings. The number of benzene rings is 3. The molecule has 0 bridgehead atoms. The van der Waals surface area contributed by atoms with Gasteiger partial charge in [0, 0.05) is 22.9 Å². The Labute approximate surface area is 183 Å². The van der Waals surface area contributed by atoms with Crippen molar-refractivity contribution >= 4 is 21.8 Å². The van der Waals surface area contributed by atoms with Gasteiger partial charge in [-0.3, -0.25) is 4.79 Å². The van der Waals surface area contributed by atoms with Crippen LogP contribution in [-0.4, -0.2) is 16.0 Å². The maximum atomic E-state index is 12.7. The van der Waals surface area contributed by atoms with Crippen LogP contribution in [0.15, 0.2) is 93.9 Å². The summed E-state index contributed by atoms with van der Waals surface area (Å²) in [5, 5.41) is 7.15. The summed E-state index contributed by atoms with van der Waals surface area (Å²) in [5.41, 5.74) is 2.94. The molecule has 4 rings (SSSR count). The molecular weight excluding hydrogens is 442 g/mol. The molecular formula is C24H20BrN3O2. The highest BCUT2D eigenvalue weighted by molar-refractivity contribution is 9.10. The van der Waals surface area contributed by atoms with Crippen molar-refractivity contribution in [1.82, 2.24) is 15.5 Å². The van der Waals surface area contributed by atoms with Crippen molar-refractivity contribution in [3.63, 3.8) is 0 Å². The average molecular weight is 462 g/mol. The summed E-state index contributed by atoms with van der Waals surface area (Å²) >= 11 is 3.41. The third-order valence-electron chi connectivity index (χ3n) is 4.71. The molecule has 0 aliphatic rings. The molecule has 1 N–H and O–H groups in total. The molecule has 1 heterocycles. The first kappa shape index (κ1) is 20.0. The molecule has 150 valence electrons. The minimum absolute atomic E-state index is 0.0731. The lowest BCUT2D eigenvalue weighted by molar-refractivity contribution is -0.121. The number of aryl methyl sites for hydroxylation is 1. The Morgan fingerprint density at radius 3 is 2.10 bits per heavy atom. The van der Waals surface area contributed by atoms with Crippen molar-refractivity contribution in [2.24, 2.45) is 0 Å². The van der Waals surface area contributed by atoms with Crippen molar-refractivity contribution in [2.45, 2.75) is 18.9 Å². The molecule has 3 aromatic carbocycles. The van der Waals surface area contributed by atoms with E-state index in [0.29, 0.717) is 18.1 Å². The number of carbonyl (C=O) groups excluding carboxylic acids is 1. The number of hydrogen-bond acceptors (Lipinski definition) is 4. The van der Waals surface area contributed by atoms with Crippen molar-refractivity contribution in [1.29, 1.82) is 0 Å². The molecule has 30 heavy (non-hydrogen) atoms. The van der Waals surface area contributed by atoms with Crippen LogP contribution in [0.5, 0.6) is 0 Å². The normalized spacial score (nSPS) is 10.9. The number of nitrogens with one attached hydrogen (secondary N) is 1. The third-order valence-corrected chi connectivity index (χ3v) is 5.24. The van der Waals surface area contributed by atoms with Crippen molar-refractivity contribution in [3.05, 3.63) is 106 Å². The van der Waals surface area contributed by atoms with E-state index in [1.54, 1.807) is 0 Å². The SMILES string of the molecule is O=C(CCc1nc(-c2ccc(Br)cc2)no1)NC(c1ccccc1)c1ccccc1. The number of hydrogen-bond donors (Lipinski definition) is 1. The van der Waals surface area contributed by atoms with Crippen LogP contribution in [0.4, 0.5) is 0 Å². The Balaban J connectivity index is 1.41. The second-order valence-corrected chi connectivity index (χ2v) is 7.76. The number of nitrogens with zero attached hydrogens (tertiary/aromatic N) is 2. The molecule has 0 aliphatic heterocycles. The van der Waals surface area contributed by atoms with Gasteiger partial charge in [0.15, 0.2) is 0 Å². The number of rotatable bonds is 7. The highest BCUT2D eigenvalue weighted by atomic mass is 79.9. The van der Waals surface area contributed by atoms with Crippen LogP contribution in [0.25, 0.3) is 11.4 Å². The van der Waals surface area contributed by atoms with Crippen molar-refractivity contribution in [3.8, 4) is 11.4 Å². The topological polar surface area (TPSA) is 68.0 Å². The minimum Gasteiger partial charge on any atom is -0.345 e. The summed E-state index contributed by atoms with van der Waals surface area (Å²) in [6.07, 6.45) is 0.643. The lowest BCUT2D eigenvalue weighted by atomic mass is 9.98. The fourth-order valence-corrected chi connectivity index (χ4v) is 3.44. The molecule has 0 unspecified atom stereocenters. The van der Waals surface area contributed by atoms with Gasteiger partial charge >= 0.3 is 0 Å². The predicted molar refractivity (Wildman–Crippen MR) is 119 cm³/mol. The van der Waals surface area contributed by atoms with Crippen molar-refractivity contribution in [2.75, 3.05) is 0 Å². The van der Waals surface area contributed by atoms with Gasteiger partial charge in [-0.2, -0.15) is 4.98 Å². The number of amides is 1. The fraction of sp³-hybridized carbons (Fsp3) is 0.125. The highest BCUT2D eigenvalue weighted by Crippen LogP contribution is 2.22. The van der Waals surface area contributed by atoms with E-state index in [-0.39, 0.29) is 18.4 Å². The second-order valence-electron chi connectivity index (χ2n) is 6.84. The molecule has 0 aliphatic carbocycles. The van der Waals surface area contributed by atoms with Gasteiger partial charge in [0.1, 0.15) is 0 Å². The quantitative estimate of drug-likeness (QED) is 0.403. The zero-order valence-corrected chi connectivity index (χ0v) is 17.7. The van der Waals surface area contributed by atoms with Gasteiger partial charge in [0.25, 0.3) is 0 Å². The minimum atomic E-state index is -0.207. The van der Waals surface area contributed by atoms with Gasteiger partial charge in [-0.15, -0.1) is 0 Å². The number of aromatic nitrogens is 2. The molecule has 4 aromatic rings. The number of carbonyl (C=O) groups is 1. The van der Waals surface area contributed by atoms with Crippen LogP contribution in [0.1, 0.15) is 29.5 Å². The first-order valence-electron chi connectivity index (χ1n) is 9.67. The lowest BCUT2D eigenvalue weighted by Crippen LogP contribution is -2.29. The molecule has 0 saturated carbocycles. The molecule has 5 nitrogen and oxygen atoms in total. The average Bonchev–Trinajstić information content (AvgIpc) is 3.27. The van der Waals surface area contributed by atoms with Gasteiger partial charge in [-0.05, 0) is 35.4 Å². The molecule has 1 aromatic heterocycles. The van der Waals surface area contributed by atoms with Gasteiger partial charge in [-0.25, -0.2) is 0 Å². The molecule has 1 amide bonds. The number of halogens is 1. The standard InChI is InChI=1S/C24H20BrN3O2/c25-20-13-11-19(12-14-20)24-27-22(30-28-24)16-15-21(29)26-23(17-7-3-1-4-8-17)18-9-5-2-6-10-18/h1-14,23H,15-16H2,(H,26,29). The Morgan fingerprint density at radius 2 is 1.50 bits per heavy atom. The summed E-state index contributed by atoms with van der Waals surface area (Å²) < 4.78 is 6.31. The van der Waals surface area contributed by atoms with Gasteiger partial charge in [0.05, 0.1) is 6.04 Å². The maximum absolute atomic E-state index is 12.7. The van der Waals surface area contributed by atoms with Crippen LogP contribution >= 0.6 is 15.9 Å². The first-order valence-corrected chi connectivity index (χ1v) is 10.5. The summed E-state index contributed by atoms with van der Waals surface area (Å²) in [7, 11) is 0. The van der Waals surface area contributed by atoms with E-state index in [1.165, 1.54) is 0 Å². The van der Waals surface area contributed by atoms with E-state index in [1.807, 2.05) is 84.9 Å². The van der Waals surface area contributed by atoms with Gasteiger partial charge in [0.2, 0.25) is 17.6 Å². The summed E-state index contributed by atoms with van der Waals surface area (Å²) in [5.74, 6) is 0.888. The zero-order valence-electron chi connectivity index (χ0n) is 16.2. The van der Waals surface area contributed by atoms with Gasteiger partial charge < -0.3 is 9.84 Å². The van der Waals surface area contributed by atoms with E-state index < -0.39 is 0 Å². The second kappa shape index (κ2) is 9.50. The zero-order chi connectivity index (χ0) is 20.8. The van der Waals surface area contributed by atoms with Crippen LogP contribution in [0, 0.1) is 0 Å². The Bertz CT molecular complexity index is 1060. The first-order chi connectivity index (χ1) is 14.7. The summed E-state index contributed by atoms with van der Waals surface area (Å²) in [6, 6.07) is 27.3. The summed E-state index contributed by atoms with van der Waals surface area (Å²) in [6.45, 7) is 0. The van der Waals surface area contributed by atoms with Crippen LogP contribution < -0.4 is 5.32 Å². The van der Waals surface area contributed by atoms with Crippen LogP contribution in [0.2, 0.25) is 0 Å². The maximum Gasteiger partial charge on any atom is 0.227 e. The Hall–Kier alpha value is -3.25. The van der Waals surface area contributed by atoms with Crippen molar-refractivity contribution < 1.29 is 9.32 Å². The monoisotopic (exact) mass is 461 g/mol. The highest BCUT2D eigenvalue weighted by Gasteiger charge is 2.17. The smallest absolute Gasteiger partial charge is 0.227 e. The van der Waals surface area contributed by atoms with E-state index >= 15 is 0 Å². The molecule has 0 saturated heterocycles. The van der Waals surface area contributed by atoms with Gasteiger partial charge in [-0.1, -0.05) is 81.8 Å². The Morgan fingerprint density at radius 1 is 0.900 bits per heavy atom. The van der Waals surface area contributed by atoms with E-state index in [9.17, 15) is 4.79 Å². The largest absolute Gasteiger partial charge is 0.345 e. The lowest BCUT2D eigenvalue weighted by Gasteiger charge is -2.19. The van der Waals surface area contributed by atoms with E-state index in [4.69, 9.17) is 4.52 Å². The summed E-state index contributed by atoms with van der Waals surface area (Å²) in [4.78, 5) is 17.1. The molecule has 6 heteroatoms. The molecule has 0 radical (unpaired) electrons. The fourth-order valence-electron chi connectivity index (χ4n) is 3.18.